The zero-order valence-electron chi connectivity index (χ0n) is 11.0. The Balaban J connectivity index is 2.02. The summed E-state index contributed by atoms with van der Waals surface area (Å²) in [7, 11) is 1.79. The van der Waals surface area contributed by atoms with Crippen LogP contribution >= 0.6 is 0 Å². The second kappa shape index (κ2) is 5.30. The van der Waals surface area contributed by atoms with Crippen LogP contribution in [-0.2, 0) is 11.3 Å². The monoisotopic (exact) mass is 249 g/mol. The highest BCUT2D eigenvalue weighted by molar-refractivity contribution is 5.84. The van der Waals surface area contributed by atoms with E-state index in [0.717, 1.165) is 12.4 Å². The molecular weight excluding hydrogens is 230 g/mol. The van der Waals surface area contributed by atoms with Crippen molar-refractivity contribution in [3.8, 4) is 0 Å². The lowest BCUT2D eigenvalue weighted by molar-refractivity contribution is -0.131. The SMILES string of the molecule is CC(C)n1cnnc1CN(C)C(=O)[C@@H]1C=CCN1. The first-order valence-electron chi connectivity index (χ1n) is 6.13. The van der Waals surface area contributed by atoms with Gasteiger partial charge >= 0.3 is 0 Å². The minimum Gasteiger partial charge on any atom is -0.337 e. The first-order valence-corrected chi connectivity index (χ1v) is 6.13. The highest BCUT2D eigenvalue weighted by Crippen LogP contribution is 2.09. The van der Waals surface area contributed by atoms with Crippen molar-refractivity contribution < 1.29 is 4.79 Å². The third-order valence-electron chi connectivity index (χ3n) is 3.01. The van der Waals surface area contributed by atoms with Crippen molar-refractivity contribution in [2.24, 2.45) is 0 Å². The molecule has 0 saturated carbocycles. The third kappa shape index (κ3) is 2.59. The second-order valence-corrected chi connectivity index (χ2v) is 4.76. The van der Waals surface area contributed by atoms with E-state index in [1.165, 1.54) is 0 Å². The average Bonchev–Trinajstić information content (AvgIpc) is 2.98. The van der Waals surface area contributed by atoms with Crippen LogP contribution in [0, 0.1) is 0 Å². The van der Waals surface area contributed by atoms with Gasteiger partial charge in [-0.2, -0.15) is 0 Å². The van der Waals surface area contributed by atoms with Crippen LogP contribution < -0.4 is 5.32 Å². The van der Waals surface area contributed by atoms with E-state index in [2.05, 4.69) is 29.4 Å². The molecule has 0 bridgehead atoms. The average molecular weight is 249 g/mol. The molecule has 6 nitrogen and oxygen atoms in total. The molecule has 1 aromatic heterocycles. The number of nitrogens with one attached hydrogen (secondary N) is 1. The molecule has 0 fully saturated rings. The molecule has 98 valence electrons. The van der Waals surface area contributed by atoms with Crippen molar-refractivity contribution in [2.75, 3.05) is 13.6 Å². The van der Waals surface area contributed by atoms with Crippen LogP contribution in [0.25, 0.3) is 0 Å². The summed E-state index contributed by atoms with van der Waals surface area (Å²) in [6.45, 7) is 5.36. The highest BCUT2D eigenvalue weighted by Gasteiger charge is 2.22. The lowest BCUT2D eigenvalue weighted by atomic mass is 10.2. The number of rotatable bonds is 4. The molecule has 2 heterocycles. The van der Waals surface area contributed by atoms with Gasteiger partial charge in [-0.15, -0.1) is 10.2 Å². The number of carbonyl (C=O) groups is 1. The molecule has 0 aliphatic carbocycles. The Morgan fingerprint density at radius 1 is 1.67 bits per heavy atom. The van der Waals surface area contributed by atoms with Crippen LogP contribution in [0.3, 0.4) is 0 Å². The van der Waals surface area contributed by atoms with Gasteiger partial charge in [0.05, 0.1) is 6.54 Å². The van der Waals surface area contributed by atoms with Crippen LogP contribution in [0.1, 0.15) is 25.7 Å². The largest absolute Gasteiger partial charge is 0.337 e. The van der Waals surface area contributed by atoms with Gasteiger partial charge in [0.1, 0.15) is 12.4 Å². The number of hydrogen-bond acceptors (Lipinski definition) is 4. The van der Waals surface area contributed by atoms with Gasteiger partial charge in [-0.1, -0.05) is 12.2 Å². The third-order valence-corrected chi connectivity index (χ3v) is 3.01. The minimum atomic E-state index is -0.203. The lowest BCUT2D eigenvalue weighted by Gasteiger charge is -2.21. The molecule has 0 unspecified atom stereocenters. The number of amides is 1. The number of aromatic nitrogens is 3. The molecule has 2 rings (SSSR count). The standard InChI is InChI=1S/C12H19N5O/c1-9(2)17-8-14-15-11(17)7-16(3)12(18)10-5-4-6-13-10/h4-5,8-10,13H,6-7H2,1-3H3/t10-/m0/s1. The van der Waals surface area contributed by atoms with Crippen molar-refractivity contribution >= 4 is 5.91 Å². The summed E-state index contributed by atoms with van der Waals surface area (Å²) in [5, 5.41) is 11.1. The number of nitrogens with zero attached hydrogens (tertiary/aromatic N) is 4. The van der Waals surface area contributed by atoms with Gasteiger partial charge in [0, 0.05) is 19.6 Å². The van der Waals surface area contributed by atoms with Gasteiger partial charge in [-0.25, -0.2) is 0 Å². The molecule has 1 atom stereocenters. The van der Waals surface area contributed by atoms with E-state index in [1.807, 2.05) is 16.7 Å². The molecule has 6 heteroatoms. The lowest BCUT2D eigenvalue weighted by Crippen LogP contribution is -2.41. The van der Waals surface area contributed by atoms with Crippen molar-refractivity contribution in [3.63, 3.8) is 0 Å². The fourth-order valence-electron chi connectivity index (χ4n) is 1.98. The smallest absolute Gasteiger partial charge is 0.243 e. The van der Waals surface area contributed by atoms with Crippen molar-refractivity contribution in [3.05, 3.63) is 24.3 Å². The molecule has 0 radical (unpaired) electrons. The number of hydrogen-bond donors (Lipinski definition) is 1. The Labute approximate surface area is 107 Å². The minimum absolute atomic E-state index is 0.0575. The number of carbonyl (C=O) groups excluding carboxylic acids is 1. The summed E-state index contributed by atoms with van der Waals surface area (Å²) in [5.74, 6) is 0.866. The first kappa shape index (κ1) is 12.8. The van der Waals surface area contributed by atoms with Gasteiger partial charge in [-0.05, 0) is 13.8 Å². The van der Waals surface area contributed by atoms with Crippen LogP contribution in [0.15, 0.2) is 18.5 Å². The van der Waals surface area contributed by atoms with Gasteiger partial charge in [0.25, 0.3) is 0 Å². The maximum atomic E-state index is 12.1. The van der Waals surface area contributed by atoms with E-state index >= 15 is 0 Å². The van der Waals surface area contributed by atoms with Crippen LogP contribution in [0.4, 0.5) is 0 Å². The summed E-state index contributed by atoms with van der Waals surface area (Å²) < 4.78 is 1.97. The topological polar surface area (TPSA) is 63.1 Å². The Bertz CT molecular complexity index is 451. The zero-order valence-corrected chi connectivity index (χ0v) is 11.0. The molecule has 1 aromatic rings. The molecular formula is C12H19N5O. The maximum Gasteiger partial charge on any atom is 0.243 e. The van der Waals surface area contributed by atoms with E-state index in [0.29, 0.717) is 12.6 Å². The van der Waals surface area contributed by atoms with E-state index in [1.54, 1.807) is 18.3 Å². The number of likely N-dealkylation sites (N-methyl/N-ethyl adjacent to an activating group) is 1. The van der Waals surface area contributed by atoms with Gasteiger partial charge in [-0.3, -0.25) is 10.1 Å². The Kier molecular flexibility index (Phi) is 3.76. The molecule has 0 saturated heterocycles. The summed E-state index contributed by atoms with van der Waals surface area (Å²) in [6.07, 6.45) is 5.56. The zero-order chi connectivity index (χ0) is 13.1. The van der Waals surface area contributed by atoms with Gasteiger partial charge in [0.2, 0.25) is 5.91 Å². The van der Waals surface area contributed by atoms with E-state index in [9.17, 15) is 4.79 Å². The molecule has 0 aromatic carbocycles. The maximum absolute atomic E-state index is 12.1. The Morgan fingerprint density at radius 3 is 3.06 bits per heavy atom. The summed E-state index contributed by atoms with van der Waals surface area (Å²) >= 11 is 0. The van der Waals surface area contributed by atoms with E-state index < -0.39 is 0 Å². The summed E-state index contributed by atoms with van der Waals surface area (Å²) in [6, 6.07) is 0.0911. The Morgan fingerprint density at radius 2 is 2.44 bits per heavy atom. The normalized spacial score (nSPS) is 18.6. The van der Waals surface area contributed by atoms with Crippen molar-refractivity contribution in [1.29, 1.82) is 0 Å². The molecule has 0 spiro atoms. The quantitative estimate of drug-likeness (QED) is 0.782. The van der Waals surface area contributed by atoms with Crippen LogP contribution in [0.5, 0.6) is 0 Å². The first-order chi connectivity index (χ1) is 8.59. The highest BCUT2D eigenvalue weighted by atomic mass is 16.2. The van der Waals surface area contributed by atoms with Crippen LogP contribution in [0.2, 0.25) is 0 Å². The Hall–Kier alpha value is -1.69. The summed E-state index contributed by atoms with van der Waals surface area (Å²) in [4.78, 5) is 13.8. The van der Waals surface area contributed by atoms with Crippen molar-refractivity contribution in [1.82, 2.24) is 25.0 Å². The van der Waals surface area contributed by atoms with Gasteiger partial charge in [0.15, 0.2) is 5.82 Å². The molecule has 18 heavy (non-hydrogen) atoms. The predicted octanol–water partition coefficient (Wildman–Crippen LogP) is 0.345. The fraction of sp³-hybridized carbons (Fsp3) is 0.583. The second-order valence-electron chi connectivity index (χ2n) is 4.76. The van der Waals surface area contributed by atoms with E-state index in [-0.39, 0.29) is 11.9 Å². The molecule has 1 aliphatic rings. The van der Waals surface area contributed by atoms with E-state index in [4.69, 9.17) is 0 Å². The van der Waals surface area contributed by atoms with Crippen molar-refractivity contribution in [2.45, 2.75) is 32.5 Å². The molecule has 1 aliphatic heterocycles. The molecule has 1 N–H and O–H groups in total. The van der Waals surface area contributed by atoms with Gasteiger partial charge < -0.3 is 9.47 Å². The van der Waals surface area contributed by atoms with Crippen LogP contribution in [-0.4, -0.2) is 45.2 Å². The predicted molar refractivity (Wildman–Crippen MR) is 67.8 cm³/mol. The fourth-order valence-corrected chi connectivity index (χ4v) is 1.98. The molecule has 1 amide bonds. The summed E-state index contributed by atoms with van der Waals surface area (Å²) in [5.41, 5.74) is 0.